The van der Waals surface area contributed by atoms with Crippen molar-refractivity contribution in [2.24, 2.45) is 5.41 Å². The van der Waals surface area contributed by atoms with E-state index in [1.54, 1.807) is 11.8 Å². The van der Waals surface area contributed by atoms with Gasteiger partial charge >= 0.3 is 0 Å². The molecule has 0 aromatic heterocycles. The maximum Gasteiger partial charge on any atom is 0.229 e. The van der Waals surface area contributed by atoms with E-state index in [9.17, 15) is 4.79 Å². The Morgan fingerprint density at radius 2 is 2.18 bits per heavy atom. The highest BCUT2D eigenvalue weighted by Gasteiger charge is 2.31. The fourth-order valence-electron chi connectivity index (χ4n) is 1.83. The fourth-order valence-corrected chi connectivity index (χ4v) is 3.62. The lowest BCUT2D eigenvalue weighted by molar-refractivity contribution is -0.118. The zero-order valence-electron chi connectivity index (χ0n) is 10.5. The summed E-state index contributed by atoms with van der Waals surface area (Å²) in [5.41, 5.74) is 0.275. The van der Waals surface area contributed by atoms with Crippen LogP contribution in [0.15, 0.2) is 0 Å². The van der Waals surface area contributed by atoms with Crippen LogP contribution in [0.1, 0.15) is 26.2 Å². The number of carbonyl (C=O) groups is 1. The van der Waals surface area contributed by atoms with Gasteiger partial charge in [-0.05, 0) is 30.4 Å². The minimum atomic E-state index is 0.151. The summed E-state index contributed by atoms with van der Waals surface area (Å²) in [5.74, 6) is 2.62. The van der Waals surface area contributed by atoms with Crippen LogP contribution in [0.25, 0.3) is 0 Å². The Morgan fingerprint density at radius 3 is 2.76 bits per heavy atom. The van der Waals surface area contributed by atoms with Gasteiger partial charge in [0.15, 0.2) is 0 Å². The molecule has 1 aliphatic heterocycles. The lowest BCUT2D eigenvalue weighted by Crippen LogP contribution is -2.34. The van der Waals surface area contributed by atoms with Crippen molar-refractivity contribution >= 4 is 30.3 Å². The third kappa shape index (κ3) is 5.53. The van der Waals surface area contributed by atoms with Crippen LogP contribution >= 0.6 is 24.4 Å². The molecule has 0 aromatic carbocycles. The van der Waals surface area contributed by atoms with Gasteiger partial charge in [-0.2, -0.15) is 24.4 Å². The molecule has 1 heterocycles. The highest BCUT2D eigenvalue weighted by atomic mass is 32.2. The number of hydrogen-bond acceptors (Lipinski definition) is 4. The van der Waals surface area contributed by atoms with Crippen LogP contribution in [0.5, 0.6) is 0 Å². The molecule has 0 spiro atoms. The average molecular weight is 277 g/mol. The Bertz CT molecular complexity index is 231. The summed E-state index contributed by atoms with van der Waals surface area (Å²) in [6.45, 7) is 4.52. The second-order valence-electron chi connectivity index (χ2n) is 4.61. The summed E-state index contributed by atoms with van der Waals surface area (Å²) >= 11 is 6.19. The van der Waals surface area contributed by atoms with E-state index in [0.717, 1.165) is 50.5 Å². The van der Waals surface area contributed by atoms with Crippen molar-refractivity contribution in [3.8, 4) is 0 Å². The largest absolute Gasteiger partial charge is 0.381 e. The van der Waals surface area contributed by atoms with Gasteiger partial charge in [-0.3, -0.25) is 4.79 Å². The normalized spacial score (nSPS) is 18.9. The van der Waals surface area contributed by atoms with E-state index >= 15 is 0 Å². The molecule has 1 fully saturated rings. The van der Waals surface area contributed by atoms with E-state index in [-0.39, 0.29) is 11.3 Å². The van der Waals surface area contributed by atoms with E-state index in [0.29, 0.717) is 5.75 Å². The van der Waals surface area contributed by atoms with Gasteiger partial charge in [0.2, 0.25) is 5.91 Å². The molecule has 17 heavy (non-hydrogen) atoms. The molecule has 5 heteroatoms. The van der Waals surface area contributed by atoms with E-state index in [1.807, 2.05) is 0 Å². The molecular weight excluding hydrogens is 254 g/mol. The van der Waals surface area contributed by atoms with E-state index < -0.39 is 0 Å². The first-order valence-electron chi connectivity index (χ1n) is 6.25. The first-order chi connectivity index (χ1) is 8.22. The van der Waals surface area contributed by atoms with Gasteiger partial charge < -0.3 is 10.1 Å². The number of thiol groups is 1. The van der Waals surface area contributed by atoms with Crippen LogP contribution in [0.4, 0.5) is 0 Å². The number of thioether (sulfide) groups is 1. The van der Waals surface area contributed by atoms with Crippen LogP contribution < -0.4 is 5.32 Å². The smallest absolute Gasteiger partial charge is 0.229 e. The second kappa shape index (κ2) is 8.27. The van der Waals surface area contributed by atoms with Crippen LogP contribution in [0.2, 0.25) is 0 Å². The lowest BCUT2D eigenvalue weighted by Gasteiger charge is -2.35. The molecule has 0 aliphatic carbocycles. The molecule has 3 nitrogen and oxygen atoms in total. The summed E-state index contributed by atoms with van der Waals surface area (Å²) in [6.07, 6.45) is 3.13. The van der Waals surface area contributed by atoms with Crippen molar-refractivity contribution in [1.82, 2.24) is 5.32 Å². The first-order valence-corrected chi connectivity index (χ1v) is 8.04. The van der Waals surface area contributed by atoms with Crippen molar-refractivity contribution in [3.63, 3.8) is 0 Å². The van der Waals surface area contributed by atoms with Crippen LogP contribution in [-0.4, -0.2) is 42.9 Å². The topological polar surface area (TPSA) is 38.3 Å². The number of carbonyl (C=O) groups excluding carboxylic acids is 1. The molecule has 0 atom stereocenters. The van der Waals surface area contributed by atoms with Crippen LogP contribution in [-0.2, 0) is 9.53 Å². The average Bonchev–Trinajstić information content (AvgIpc) is 2.37. The molecule has 0 bridgehead atoms. The summed E-state index contributed by atoms with van der Waals surface area (Å²) in [4.78, 5) is 11.5. The molecule has 0 unspecified atom stereocenters. The van der Waals surface area contributed by atoms with Gasteiger partial charge in [-0.1, -0.05) is 6.92 Å². The Labute approximate surface area is 114 Å². The maximum atomic E-state index is 11.5. The Morgan fingerprint density at radius 1 is 1.47 bits per heavy atom. The van der Waals surface area contributed by atoms with Gasteiger partial charge in [-0.15, -0.1) is 0 Å². The van der Waals surface area contributed by atoms with Gasteiger partial charge in [0.1, 0.15) is 0 Å². The molecule has 1 rings (SSSR count). The second-order valence-corrected chi connectivity index (χ2v) is 5.92. The first kappa shape index (κ1) is 15.2. The monoisotopic (exact) mass is 277 g/mol. The minimum Gasteiger partial charge on any atom is -0.381 e. The van der Waals surface area contributed by atoms with Crippen molar-refractivity contribution in [1.29, 1.82) is 0 Å². The fraction of sp³-hybridized carbons (Fsp3) is 0.917. The standard InChI is InChI=1S/C12H23NO2S2/c1-2-5-13-11(14)8-17-10-12(9-16)3-6-15-7-4-12/h16H,2-10H2,1H3,(H,13,14). The summed E-state index contributed by atoms with van der Waals surface area (Å²) in [7, 11) is 0. The Balaban J connectivity index is 2.21. The highest BCUT2D eigenvalue weighted by Crippen LogP contribution is 2.35. The predicted molar refractivity (Wildman–Crippen MR) is 77.0 cm³/mol. The summed E-state index contributed by atoms with van der Waals surface area (Å²) in [6, 6.07) is 0. The maximum absolute atomic E-state index is 11.5. The number of hydrogen-bond donors (Lipinski definition) is 2. The minimum absolute atomic E-state index is 0.151. The predicted octanol–water partition coefficient (Wildman–Crippen LogP) is 1.97. The van der Waals surface area contributed by atoms with Crippen molar-refractivity contribution in [2.75, 3.05) is 37.0 Å². The molecule has 0 radical (unpaired) electrons. The van der Waals surface area contributed by atoms with Gasteiger partial charge in [0.25, 0.3) is 0 Å². The molecule has 0 aromatic rings. The molecule has 1 aliphatic rings. The number of amides is 1. The zero-order chi connectivity index (χ0) is 12.6. The summed E-state index contributed by atoms with van der Waals surface area (Å²) in [5, 5.41) is 2.90. The molecule has 1 N–H and O–H groups in total. The zero-order valence-corrected chi connectivity index (χ0v) is 12.2. The molecule has 100 valence electrons. The third-order valence-electron chi connectivity index (χ3n) is 3.10. The van der Waals surface area contributed by atoms with E-state index in [4.69, 9.17) is 4.74 Å². The quantitative estimate of drug-likeness (QED) is 0.699. The summed E-state index contributed by atoms with van der Waals surface area (Å²) < 4.78 is 5.38. The molecule has 1 amide bonds. The number of rotatable bonds is 7. The SMILES string of the molecule is CCCNC(=O)CSCC1(CS)CCOCC1. The van der Waals surface area contributed by atoms with Crippen molar-refractivity contribution < 1.29 is 9.53 Å². The lowest BCUT2D eigenvalue weighted by atomic mass is 9.84. The van der Waals surface area contributed by atoms with Gasteiger partial charge in [-0.25, -0.2) is 0 Å². The molecular formula is C12H23NO2S2. The Hall–Kier alpha value is 0.130. The number of nitrogens with one attached hydrogen (secondary N) is 1. The van der Waals surface area contributed by atoms with Gasteiger partial charge in [0, 0.05) is 25.5 Å². The molecule has 0 saturated carbocycles. The van der Waals surface area contributed by atoms with E-state index in [2.05, 4.69) is 24.9 Å². The Kier molecular flexibility index (Phi) is 7.39. The van der Waals surface area contributed by atoms with E-state index in [1.165, 1.54) is 0 Å². The van der Waals surface area contributed by atoms with Crippen molar-refractivity contribution in [3.05, 3.63) is 0 Å². The highest BCUT2D eigenvalue weighted by molar-refractivity contribution is 8.00. The molecule has 1 saturated heterocycles. The van der Waals surface area contributed by atoms with Crippen LogP contribution in [0.3, 0.4) is 0 Å². The van der Waals surface area contributed by atoms with Crippen LogP contribution in [0, 0.1) is 5.41 Å². The van der Waals surface area contributed by atoms with Gasteiger partial charge in [0.05, 0.1) is 5.75 Å². The van der Waals surface area contributed by atoms with Crippen molar-refractivity contribution in [2.45, 2.75) is 26.2 Å². The third-order valence-corrected chi connectivity index (χ3v) is 5.06. The number of ether oxygens (including phenoxy) is 1.